The minimum absolute atomic E-state index is 0.126. The first kappa shape index (κ1) is 17.6. The number of rotatable bonds is 4. The maximum Gasteiger partial charge on any atom is 0.331 e. The van der Waals surface area contributed by atoms with Crippen LogP contribution < -0.4 is 9.47 Å². The number of ether oxygens (including phenoxy) is 3. The van der Waals surface area contributed by atoms with E-state index in [4.69, 9.17) is 25.8 Å². The van der Waals surface area contributed by atoms with Crippen LogP contribution in [0.2, 0.25) is 5.02 Å². The molecule has 134 valence electrons. The molecule has 0 N–H and O–H groups in total. The summed E-state index contributed by atoms with van der Waals surface area (Å²) in [7, 11) is 0. The van der Waals surface area contributed by atoms with E-state index in [-0.39, 0.29) is 25.3 Å². The molecule has 0 aromatic heterocycles. The summed E-state index contributed by atoms with van der Waals surface area (Å²) in [5.41, 5.74) is 0.683. The zero-order valence-corrected chi connectivity index (χ0v) is 14.8. The third-order valence-corrected chi connectivity index (χ3v) is 4.60. The number of esters is 1. The second kappa shape index (κ2) is 7.78. The molecule has 1 atom stereocenters. The third kappa shape index (κ3) is 4.25. The van der Waals surface area contributed by atoms with Gasteiger partial charge in [0.2, 0.25) is 6.79 Å². The lowest BCUT2D eigenvalue weighted by molar-refractivity contribution is -0.149. The Morgan fingerprint density at radius 2 is 2.20 bits per heavy atom. The van der Waals surface area contributed by atoms with E-state index >= 15 is 0 Å². The van der Waals surface area contributed by atoms with E-state index < -0.39 is 5.97 Å². The molecule has 1 amide bonds. The first-order valence-electron chi connectivity index (χ1n) is 8.28. The first-order chi connectivity index (χ1) is 12.0. The number of amides is 1. The van der Waals surface area contributed by atoms with Crippen LogP contribution in [0.15, 0.2) is 18.2 Å². The van der Waals surface area contributed by atoms with Crippen molar-refractivity contribution in [2.45, 2.75) is 32.2 Å². The maximum absolute atomic E-state index is 12.1. The summed E-state index contributed by atoms with van der Waals surface area (Å²) >= 11 is 6.09. The van der Waals surface area contributed by atoms with Crippen LogP contribution in [0, 0.1) is 0 Å². The molecule has 0 bridgehead atoms. The quantitative estimate of drug-likeness (QED) is 0.606. The van der Waals surface area contributed by atoms with Gasteiger partial charge in [-0.3, -0.25) is 4.79 Å². The lowest BCUT2D eigenvalue weighted by Gasteiger charge is -2.33. The van der Waals surface area contributed by atoms with Gasteiger partial charge in [-0.05, 0) is 50.0 Å². The third-order valence-electron chi connectivity index (χ3n) is 4.32. The van der Waals surface area contributed by atoms with E-state index in [2.05, 4.69) is 0 Å². The number of nitrogens with zero attached hydrogens (tertiary/aromatic N) is 1. The highest BCUT2D eigenvalue weighted by atomic mass is 35.5. The normalized spacial score (nSPS) is 19.3. The van der Waals surface area contributed by atoms with Crippen LogP contribution in [0.3, 0.4) is 0 Å². The Hall–Kier alpha value is -2.21. The fraction of sp³-hybridized carbons (Fsp3) is 0.444. The Bertz CT molecular complexity index is 703. The van der Waals surface area contributed by atoms with Crippen LogP contribution in [0.4, 0.5) is 0 Å². The summed E-state index contributed by atoms with van der Waals surface area (Å²) in [4.78, 5) is 25.7. The van der Waals surface area contributed by atoms with Crippen LogP contribution in [0.5, 0.6) is 11.5 Å². The highest BCUT2D eigenvalue weighted by Crippen LogP contribution is 2.40. The molecule has 1 saturated heterocycles. The number of fused-ring (bicyclic) bond motifs is 1. The number of carbonyl (C=O) groups excluding carboxylic acids is 2. The summed E-state index contributed by atoms with van der Waals surface area (Å²) in [5.74, 6) is 0.310. The molecular weight excluding hydrogens is 346 g/mol. The van der Waals surface area contributed by atoms with Gasteiger partial charge < -0.3 is 19.1 Å². The maximum atomic E-state index is 12.1. The number of likely N-dealkylation sites (tertiary alicyclic amines) is 1. The van der Waals surface area contributed by atoms with E-state index in [1.807, 2.05) is 6.92 Å². The van der Waals surface area contributed by atoms with Gasteiger partial charge in [-0.1, -0.05) is 11.6 Å². The Kier molecular flexibility index (Phi) is 5.48. The molecule has 0 aliphatic carbocycles. The molecule has 2 aliphatic heterocycles. The number of carbonyl (C=O) groups is 2. The second-order valence-corrected chi connectivity index (χ2v) is 6.52. The number of hydrogen-bond donors (Lipinski definition) is 0. The van der Waals surface area contributed by atoms with Crippen molar-refractivity contribution in [3.8, 4) is 11.5 Å². The second-order valence-electron chi connectivity index (χ2n) is 6.11. The summed E-state index contributed by atoms with van der Waals surface area (Å²) < 4.78 is 15.5. The van der Waals surface area contributed by atoms with Gasteiger partial charge >= 0.3 is 5.97 Å². The number of piperidine rings is 1. The monoisotopic (exact) mass is 365 g/mol. The molecule has 2 heterocycles. The molecule has 7 heteroatoms. The highest BCUT2D eigenvalue weighted by molar-refractivity contribution is 6.32. The Balaban J connectivity index is 1.53. The zero-order chi connectivity index (χ0) is 17.8. The average Bonchev–Trinajstić information content (AvgIpc) is 3.07. The summed E-state index contributed by atoms with van der Waals surface area (Å²) in [5, 5.41) is 0.414. The van der Waals surface area contributed by atoms with Crippen molar-refractivity contribution in [2.75, 3.05) is 19.9 Å². The van der Waals surface area contributed by atoms with Gasteiger partial charge in [-0.2, -0.15) is 0 Å². The number of hydrogen-bond acceptors (Lipinski definition) is 5. The Morgan fingerprint density at radius 3 is 3.00 bits per heavy atom. The SMILES string of the molecule is C[C@H]1CCCCN1C(=O)COC(=O)/C=C/c1cc(Cl)c2c(c1)OCO2. The van der Waals surface area contributed by atoms with Gasteiger partial charge in [0.15, 0.2) is 18.1 Å². The van der Waals surface area contributed by atoms with Crippen molar-refractivity contribution in [3.05, 3.63) is 28.8 Å². The molecule has 3 rings (SSSR count). The van der Waals surface area contributed by atoms with E-state index in [0.717, 1.165) is 25.8 Å². The summed E-state index contributed by atoms with van der Waals surface area (Å²) in [6.45, 7) is 2.63. The predicted molar refractivity (Wildman–Crippen MR) is 92.6 cm³/mol. The molecule has 2 aliphatic rings. The minimum Gasteiger partial charge on any atom is -0.454 e. The van der Waals surface area contributed by atoms with Crippen molar-refractivity contribution in [1.29, 1.82) is 0 Å². The number of benzene rings is 1. The molecular formula is C18H20ClNO5. The van der Waals surface area contributed by atoms with Crippen molar-refractivity contribution >= 4 is 29.6 Å². The number of halogens is 1. The van der Waals surface area contributed by atoms with Crippen LogP contribution in [-0.4, -0.2) is 42.8 Å². The molecule has 0 radical (unpaired) electrons. The topological polar surface area (TPSA) is 65.1 Å². The van der Waals surface area contributed by atoms with E-state index in [1.54, 1.807) is 23.1 Å². The van der Waals surface area contributed by atoms with Crippen molar-refractivity contribution in [1.82, 2.24) is 4.90 Å². The van der Waals surface area contributed by atoms with Gasteiger partial charge in [-0.25, -0.2) is 4.79 Å². The molecule has 0 unspecified atom stereocenters. The van der Waals surface area contributed by atoms with E-state index in [9.17, 15) is 9.59 Å². The molecule has 6 nitrogen and oxygen atoms in total. The van der Waals surface area contributed by atoms with Crippen LogP contribution in [-0.2, 0) is 14.3 Å². The van der Waals surface area contributed by atoms with Gasteiger partial charge in [0, 0.05) is 18.7 Å². The summed E-state index contributed by atoms with van der Waals surface area (Å²) in [6.07, 6.45) is 5.94. The summed E-state index contributed by atoms with van der Waals surface area (Å²) in [6, 6.07) is 3.59. The molecule has 0 spiro atoms. The molecule has 25 heavy (non-hydrogen) atoms. The zero-order valence-electron chi connectivity index (χ0n) is 14.0. The van der Waals surface area contributed by atoms with E-state index in [0.29, 0.717) is 22.1 Å². The lowest BCUT2D eigenvalue weighted by Crippen LogP contribution is -2.44. The van der Waals surface area contributed by atoms with Gasteiger partial charge in [0.1, 0.15) is 0 Å². The fourth-order valence-corrected chi connectivity index (χ4v) is 3.25. The lowest BCUT2D eigenvalue weighted by atomic mass is 10.0. The van der Waals surface area contributed by atoms with Crippen LogP contribution in [0.1, 0.15) is 31.7 Å². The standard InChI is InChI=1S/C18H20ClNO5/c1-12-4-2-3-7-20(12)16(21)10-23-17(22)6-5-13-8-14(19)18-15(9-13)24-11-25-18/h5-6,8-9,12H,2-4,7,10-11H2,1H3/b6-5+/t12-/m0/s1. The smallest absolute Gasteiger partial charge is 0.331 e. The largest absolute Gasteiger partial charge is 0.454 e. The minimum atomic E-state index is -0.577. The van der Waals surface area contributed by atoms with Crippen molar-refractivity contribution < 1.29 is 23.8 Å². The van der Waals surface area contributed by atoms with Gasteiger partial charge in [0.05, 0.1) is 5.02 Å². The molecule has 1 aromatic carbocycles. The molecule has 0 saturated carbocycles. The van der Waals surface area contributed by atoms with Crippen LogP contribution >= 0.6 is 11.6 Å². The Morgan fingerprint density at radius 1 is 1.36 bits per heavy atom. The molecule has 1 aromatic rings. The van der Waals surface area contributed by atoms with Gasteiger partial charge in [0.25, 0.3) is 5.91 Å². The van der Waals surface area contributed by atoms with Gasteiger partial charge in [-0.15, -0.1) is 0 Å². The predicted octanol–water partition coefficient (Wildman–Crippen LogP) is 3.03. The van der Waals surface area contributed by atoms with Crippen LogP contribution in [0.25, 0.3) is 6.08 Å². The van der Waals surface area contributed by atoms with E-state index in [1.165, 1.54) is 6.08 Å². The average molecular weight is 366 g/mol. The Labute approximate surface area is 151 Å². The first-order valence-corrected chi connectivity index (χ1v) is 8.66. The molecule has 1 fully saturated rings. The van der Waals surface area contributed by atoms with Crippen molar-refractivity contribution in [2.24, 2.45) is 0 Å². The fourth-order valence-electron chi connectivity index (χ4n) is 2.98. The highest BCUT2D eigenvalue weighted by Gasteiger charge is 2.23. The van der Waals surface area contributed by atoms with Crippen molar-refractivity contribution in [3.63, 3.8) is 0 Å².